The van der Waals surface area contributed by atoms with Crippen LogP contribution in [0.1, 0.15) is 21.8 Å². The molecule has 1 unspecified atom stereocenters. The molecule has 4 aromatic rings. The first-order chi connectivity index (χ1) is 15.7. The van der Waals surface area contributed by atoms with Gasteiger partial charge in [0, 0.05) is 17.5 Å². The van der Waals surface area contributed by atoms with Gasteiger partial charge in [0.05, 0.1) is 6.20 Å². The molecule has 160 valence electrons. The Labute approximate surface area is 185 Å². The third-order valence-electron chi connectivity index (χ3n) is 4.86. The summed E-state index contributed by atoms with van der Waals surface area (Å²) in [5.41, 5.74) is 2.26. The van der Waals surface area contributed by atoms with Crippen LogP contribution in [0.15, 0.2) is 102 Å². The predicted molar refractivity (Wildman–Crippen MR) is 120 cm³/mol. The van der Waals surface area contributed by atoms with Crippen LogP contribution < -0.4 is 5.32 Å². The van der Waals surface area contributed by atoms with Gasteiger partial charge in [-0.25, -0.2) is 9.78 Å². The summed E-state index contributed by atoms with van der Waals surface area (Å²) in [6.07, 6.45) is 1.90. The number of aromatic nitrogens is 1. The Morgan fingerprint density at radius 1 is 0.875 bits per heavy atom. The number of amides is 1. The molecule has 0 radical (unpaired) electrons. The molecule has 0 aliphatic rings. The fourth-order valence-corrected chi connectivity index (χ4v) is 3.22. The molecule has 1 N–H and O–H groups in total. The van der Waals surface area contributed by atoms with Crippen molar-refractivity contribution in [2.24, 2.45) is 0 Å². The topological polar surface area (TPSA) is 81.4 Å². The summed E-state index contributed by atoms with van der Waals surface area (Å²) in [6.45, 7) is -0.127. The van der Waals surface area contributed by atoms with Crippen LogP contribution in [-0.2, 0) is 22.6 Å². The minimum Gasteiger partial charge on any atom is -0.454 e. The first kappa shape index (κ1) is 21.1. The second kappa shape index (κ2) is 10.2. The number of benzene rings is 3. The van der Waals surface area contributed by atoms with E-state index in [1.807, 2.05) is 66.7 Å². The van der Waals surface area contributed by atoms with Crippen LogP contribution in [0, 0.1) is 0 Å². The summed E-state index contributed by atoms with van der Waals surface area (Å²) in [7, 11) is 0. The molecule has 0 saturated carbocycles. The lowest BCUT2D eigenvalue weighted by Gasteiger charge is -2.17. The standard InChI is InChI=1S/C26H22N2O4/c29-25(21-14-8-3-9-15-21)28-22(16-19-10-4-1-5-11-19)26(30)31-18-24-27-17-23(32-24)20-12-6-2-7-13-20/h1-15,17,22H,16,18H2,(H,28,29). The molecule has 1 atom stereocenters. The van der Waals surface area contributed by atoms with E-state index in [2.05, 4.69) is 10.3 Å². The monoisotopic (exact) mass is 426 g/mol. The van der Waals surface area contributed by atoms with Crippen molar-refractivity contribution in [2.75, 3.05) is 0 Å². The van der Waals surface area contributed by atoms with E-state index in [-0.39, 0.29) is 18.4 Å². The van der Waals surface area contributed by atoms with Crippen LogP contribution in [0.3, 0.4) is 0 Å². The smallest absolute Gasteiger partial charge is 0.329 e. The average Bonchev–Trinajstić information content (AvgIpc) is 3.33. The van der Waals surface area contributed by atoms with E-state index in [9.17, 15) is 9.59 Å². The van der Waals surface area contributed by atoms with E-state index >= 15 is 0 Å². The van der Waals surface area contributed by atoms with Gasteiger partial charge >= 0.3 is 5.97 Å². The highest BCUT2D eigenvalue weighted by atomic mass is 16.5. The van der Waals surface area contributed by atoms with Crippen LogP contribution in [0.2, 0.25) is 0 Å². The summed E-state index contributed by atoms with van der Waals surface area (Å²) in [5, 5.41) is 2.78. The number of hydrogen-bond donors (Lipinski definition) is 1. The molecule has 0 spiro atoms. The maximum Gasteiger partial charge on any atom is 0.329 e. The molecule has 6 heteroatoms. The molecular formula is C26H22N2O4. The number of nitrogens with one attached hydrogen (secondary N) is 1. The fourth-order valence-electron chi connectivity index (χ4n) is 3.22. The van der Waals surface area contributed by atoms with Crippen molar-refractivity contribution in [2.45, 2.75) is 19.1 Å². The zero-order valence-electron chi connectivity index (χ0n) is 17.3. The summed E-state index contributed by atoms with van der Waals surface area (Å²) in [5.74, 6) is -0.0246. The second-order valence-corrected chi connectivity index (χ2v) is 7.17. The number of carbonyl (C=O) groups is 2. The molecule has 0 saturated heterocycles. The minimum atomic E-state index is -0.853. The SMILES string of the molecule is O=C(NC(Cc1ccccc1)C(=O)OCc1ncc(-c2ccccc2)o1)c1ccccc1. The highest BCUT2D eigenvalue weighted by molar-refractivity contribution is 5.96. The molecule has 0 aliphatic heterocycles. The number of oxazole rings is 1. The van der Waals surface area contributed by atoms with Gasteiger partial charge < -0.3 is 14.5 Å². The lowest BCUT2D eigenvalue weighted by atomic mass is 10.1. The van der Waals surface area contributed by atoms with Crippen molar-refractivity contribution < 1.29 is 18.7 Å². The third-order valence-corrected chi connectivity index (χ3v) is 4.86. The first-order valence-electron chi connectivity index (χ1n) is 10.3. The maximum absolute atomic E-state index is 12.9. The van der Waals surface area contributed by atoms with Crippen LogP contribution in [0.4, 0.5) is 0 Å². The Bertz CT molecular complexity index is 1160. The van der Waals surface area contributed by atoms with Gasteiger partial charge in [0.1, 0.15) is 6.04 Å². The molecule has 32 heavy (non-hydrogen) atoms. The zero-order chi connectivity index (χ0) is 22.2. The van der Waals surface area contributed by atoms with Gasteiger partial charge in [0.2, 0.25) is 5.89 Å². The third kappa shape index (κ3) is 5.49. The molecule has 1 amide bonds. The average molecular weight is 426 g/mol. The molecule has 6 nitrogen and oxygen atoms in total. The van der Waals surface area contributed by atoms with Crippen molar-refractivity contribution in [3.63, 3.8) is 0 Å². The zero-order valence-corrected chi connectivity index (χ0v) is 17.3. The van der Waals surface area contributed by atoms with Gasteiger partial charge in [-0.15, -0.1) is 0 Å². The van der Waals surface area contributed by atoms with Crippen molar-refractivity contribution in [1.82, 2.24) is 10.3 Å². The molecule has 1 aromatic heterocycles. The first-order valence-corrected chi connectivity index (χ1v) is 10.3. The Hall–Kier alpha value is -4.19. The number of carbonyl (C=O) groups excluding carboxylic acids is 2. The van der Waals surface area contributed by atoms with Gasteiger partial charge in [0.25, 0.3) is 5.91 Å². The summed E-state index contributed by atoms with van der Waals surface area (Å²) in [4.78, 5) is 29.7. The van der Waals surface area contributed by atoms with E-state index in [0.717, 1.165) is 11.1 Å². The van der Waals surface area contributed by atoms with Gasteiger partial charge in [0.15, 0.2) is 12.4 Å². The number of ether oxygens (including phenoxy) is 1. The molecule has 0 aliphatic carbocycles. The number of rotatable bonds is 8. The van der Waals surface area contributed by atoms with E-state index in [4.69, 9.17) is 9.15 Å². The van der Waals surface area contributed by atoms with Crippen molar-refractivity contribution in [3.05, 3.63) is 114 Å². The van der Waals surface area contributed by atoms with Gasteiger partial charge in [-0.1, -0.05) is 78.9 Å². The molecule has 1 heterocycles. The van der Waals surface area contributed by atoms with Crippen molar-refractivity contribution >= 4 is 11.9 Å². The molecule has 0 fully saturated rings. The predicted octanol–water partition coefficient (Wildman–Crippen LogP) is 4.43. The van der Waals surface area contributed by atoms with E-state index in [0.29, 0.717) is 17.7 Å². The van der Waals surface area contributed by atoms with E-state index in [1.165, 1.54) is 0 Å². The van der Waals surface area contributed by atoms with Crippen molar-refractivity contribution in [1.29, 1.82) is 0 Å². The summed E-state index contributed by atoms with van der Waals surface area (Å²) >= 11 is 0. The Morgan fingerprint density at radius 3 is 2.19 bits per heavy atom. The van der Waals surface area contributed by atoms with Crippen LogP contribution in [0.5, 0.6) is 0 Å². The van der Waals surface area contributed by atoms with Gasteiger partial charge in [-0.05, 0) is 17.7 Å². The van der Waals surface area contributed by atoms with Gasteiger partial charge in [-0.3, -0.25) is 4.79 Å². The van der Waals surface area contributed by atoms with Gasteiger partial charge in [-0.2, -0.15) is 0 Å². The lowest BCUT2D eigenvalue weighted by Crippen LogP contribution is -2.43. The molecular weight excluding hydrogens is 404 g/mol. The largest absolute Gasteiger partial charge is 0.454 e. The van der Waals surface area contributed by atoms with E-state index in [1.54, 1.807) is 30.5 Å². The minimum absolute atomic E-state index is 0.127. The van der Waals surface area contributed by atoms with Crippen LogP contribution in [-0.4, -0.2) is 22.9 Å². The Morgan fingerprint density at radius 2 is 1.50 bits per heavy atom. The summed E-state index contributed by atoms with van der Waals surface area (Å²) < 4.78 is 11.1. The highest BCUT2D eigenvalue weighted by Gasteiger charge is 2.24. The maximum atomic E-state index is 12.9. The normalized spacial score (nSPS) is 11.5. The summed E-state index contributed by atoms with van der Waals surface area (Å²) in [6, 6.07) is 26.9. The van der Waals surface area contributed by atoms with E-state index < -0.39 is 12.0 Å². The number of nitrogens with zero attached hydrogens (tertiary/aromatic N) is 1. The molecule has 0 bridgehead atoms. The van der Waals surface area contributed by atoms with Crippen LogP contribution >= 0.6 is 0 Å². The second-order valence-electron chi connectivity index (χ2n) is 7.17. The van der Waals surface area contributed by atoms with Crippen molar-refractivity contribution in [3.8, 4) is 11.3 Å². The molecule has 4 rings (SSSR count). The molecule has 3 aromatic carbocycles. The lowest BCUT2D eigenvalue weighted by molar-refractivity contribution is -0.147. The number of hydrogen-bond acceptors (Lipinski definition) is 5. The number of esters is 1. The highest BCUT2D eigenvalue weighted by Crippen LogP contribution is 2.20. The Balaban J connectivity index is 1.43. The fraction of sp³-hybridized carbons (Fsp3) is 0.115. The van der Waals surface area contributed by atoms with Crippen LogP contribution in [0.25, 0.3) is 11.3 Å². The Kier molecular flexibility index (Phi) is 6.72. The quantitative estimate of drug-likeness (QED) is 0.422.